The molecule has 0 saturated heterocycles. The number of rotatable bonds is 7. The molecule has 0 aliphatic carbocycles. The van der Waals surface area contributed by atoms with Crippen LogP contribution in [0.3, 0.4) is 0 Å². The van der Waals surface area contributed by atoms with E-state index in [1.165, 1.54) is 31.4 Å². The van der Waals surface area contributed by atoms with Crippen molar-refractivity contribution in [2.24, 2.45) is 5.73 Å². The summed E-state index contributed by atoms with van der Waals surface area (Å²) >= 11 is 0. The number of carbonyl (C=O) groups excluding carboxylic acids is 2. The summed E-state index contributed by atoms with van der Waals surface area (Å²) in [5.41, 5.74) is 5.57. The molecular formula is C12H16N2O5S. The maximum absolute atomic E-state index is 11.8. The molecule has 0 aliphatic heterocycles. The maximum atomic E-state index is 11.8. The summed E-state index contributed by atoms with van der Waals surface area (Å²) in [6, 6.07) is 5.86. The fraction of sp³-hybridized carbons (Fsp3) is 0.333. The molecule has 0 heterocycles. The van der Waals surface area contributed by atoms with Crippen molar-refractivity contribution in [3.8, 4) is 0 Å². The van der Waals surface area contributed by atoms with Gasteiger partial charge in [-0.3, -0.25) is 14.3 Å². The van der Waals surface area contributed by atoms with Crippen LogP contribution in [-0.2, 0) is 19.6 Å². The van der Waals surface area contributed by atoms with Gasteiger partial charge in [-0.05, 0) is 24.6 Å². The molecule has 0 saturated carbocycles. The Balaban J connectivity index is 2.64. The van der Waals surface area contributed by atoms with E-state index in [-0.39, 0.29) is 29.8 Å². The Bertz CT molecular complexity index is 598. The van der Waals surface area contributed by atoms with Gasteiger partial charge in [0, 0.05) is 17.7 Å². The molecule has 0 unspecified atom stereocenters. The number of benzene rings is 1. The van der Waals surface area contributed by atoms with E-state index in [1.54, 1.807) is 0 Å². The van der Waals surface area contributed by atoms with Crippen LogP contribution in [0.25, 0.3) is 0 Å². The minimum atomic E-state index is -3.59. The van der Waals surface area contributed by atoms with Crippen molar-refractivity contribution in [2.75, 3.05) is 17.6 Å². The third kappa shape index (κ3) is 5.27. The van der Waals surface area contributed by atoms with Gasteiger partial charge in [-0.1, -0.05) is 6.07 Å². The highest BCUT2D eigenvalue weighted by Gasteiger charge is 2.12. The predicted octanol–water partition coefficient (Wildman–Crippen LogP) is 0.480. The monoisotopic (exact) mass is 300 g/mol. The second kappa shape index (κ2) is 6.90. The number of anilines is 1. The van der Waals surface area contributed by atoms with Gasteiger partial charge in [0.15, 0.2) is 0 Å². The fourth-order valence-electron chi connectivity index (χ4n) is 1.48. The lowest BCUT2D eigenvalue weighted by molar-refractivity contribution is -0.140. The van der Waals surface area contributed by atoms with Crippen LogP contribution in [0.15, 0.2) is 24.3 Å². The van der Waals surface area contributed by atoms with Gasteiger partial charge in [0.25, 0.3) is 0 Å². The number of hydrogen-bond acceptors (Lipinski definition) is 5. The number of sulfonamides is 1. The highest BCUT2D eigenvalue weighted by atomic mass is 32.2. The van der Waals surface area contributed by atoms with E-state index < -0.39 is 21.9 Å². The Morgan fingerprint density at radius 1 is 1.35 bits per heavy atom. The van der Waals surface area contributed by atoms with Gasteiger partial charge < -0.3 is 10.5 Å². The molecular weight excluding hydrogens is 284 g/mol. The summed E-state index contributed by atoms with van der Waals surface area (Å²) < 4.78 is 30.3. The van der Waals surface area contributed by atoms with Crippen molar-refractivity contribution in [2.45, 2.75) is 12.8 Å². The average Bonchev–Trinajstić information content (AvgIpc) is 2.37. The molecule has 0 bridgehead atoms. The highest BCUT2D eigenvalue weighted by Crippen LogP contribution is 2.12. The average molecular weight is 300 g/mol. The van der Waals surface area contributed by atoms with Gasteiger partial charge in [0.1, 0.15) is 0 Å². The normalized spacial score (nSPS) is 10.8. The SMILES string of the molecule is COC(=O)CCCS(=O)(=O)Nc1cccc(C(N)=O)c1. The lowest BCUT2D eigenvalue weighted by Crippen LogP contribution is -2.18. The molecule has 1 amide bonds. The number of amides is 1. The van der Waals surface area contributed by atoms with Crippen LogP contribution in [0.5, 0.6) is 0 Å². The van der Waals surface area contributed by atoms with Gasteiger partial charge in [-0.15, -0.1) is 0 Å². The van der Waals surface area contributed by atoms with E-state index in [0.29, 0.717) is 0 Å². The molecule has 0 atom stereocenters. The molecule has 7 nitrogen and oxygen atoms in total. The van der Waals surface area contributed by atoms with Crippen molar-refractivity contribution < 1.29 is 22.7 Å². The van der Waals surface area contributed by atoms with Crippen molar-refractivity contribution in [3.63, 3.8) is 0 Å². The van der Waals surface area contributed by atoms with Crippen molar-refractivity contribution >= 4 is 27.6 Å². The Morgan fingerprint density at radius 3 is 2.65 bits per heavy atom. The fourth-order valence-corrected chi connectivity index (χ4v) is 2.59. The van der Waals surface area contributed by atoms with Crippen LogP contribution < -0.4 is 10.5 Å². The largest absolute Gasteiger partial charge is 0.469 e. The first kappa shape index (κ1) is 16.0. The summed E-state index contributed by atoms with van der Waals surface area (Å²) in [5.74, 6) is -1.32. The number of nitrogens with one attached hydrogen (secondary N) is 1. The Kier molecular flexibility index (Phi) is 5.51. The van der Waals surface area contributed by atoms with Crippen LogP contribution in [0, 0.1) is 0 Å². The number of carbonyl (C=O) groups is 2. The number of nitrogens with two attached hydrogens (primary N) is 1. The van der Waals surface area contributed by atoms with Gasteiger partial charge in [0.2, 0.25) is 15.9 Å². The predicted molar refractivity (Wildman–Crippen MR) is 73.6 cm³/mol. The quantitative estimate of drug-likeness (QED) is 0.711. The highest BCUT2D eigenvalue weighted by molar-refractivity contribution is 7.92. The van der Waals surface area contributed by atoms with E-state index in [9.17, 15) is 18.0 Å². The minimum absolute atomic E-state index is 0.0265. The summed E-state index contributed by atoms with van der Waals surface area (Å²) in [4.78, 5) is 21.9. The number of methoxy groups -OCH3 is 1. The first-order valence-electron chi connectivity index (χ1n) is 5.81. The van der Waals surface area contributed by atoms with E-state index in [1.807, 2.05) is 0 Å². The molecule has 8 heteroatoms. The number of hydrogen-bond donors (Lipinski definition) is 2. The second-order valence-corrected chi connectivity index (χ2v) is 5.89. The van der Waals surface area contributed by atoms with Crippen LogP contribution in [0.4, 0.5) is 5.69 Å². The summed E-state index contributed by atoms with van der Waals surface area (Å²) in [5, 5.41) is 0. The topological polar surface area (TPSA) is 116 Å². The maximum Gasteiger partial charge on any atom is 0.305 e. The van der Waals surface area contributed by atoms with Gasteiger partial charge in [0.05, 0.1) is 12.9 Å². The first-order valence-corrected chi connectivity index (χ1v) is 7.46. The molecule has 0 spiro atoms. The zero-order valence-corrected chi connectivity index (χ0v) is 11.8. The van der Waals surface area contributed by atoms with Gasteiger partial charge in [-0.25, -0.2) is 8.42 Å². The third-order valence-electron chi connectivity index (χ3n) is 2.44. The smallest absolute Gasteiger partial charge is 0.305 e. The molecule has 0 fully saturated rings. The standard InChI is InChI=1S/C12H16N2O5S/c1-19-11(15)6-3-7-20(17,18)14-10-5-2-4-9(8-10)12(13)16/h2,4-5,8,14H,3,6-7H2,1H3,(H2,13,16). The lowest BCUT2D eigenvalue weighted by atomic mass is 10.2. The Morgan fingerprint density at radius 2 is 2.05 bits per heavy atom. The number of primary amides is 1. The molecule has 1 aromatic carbocycles. The molecule has 20 heavy (non-hydrogen) atoms. The molecule has 0 aromatic heterocycles. The molecule has 0 aliphatic rings. The Labute approximate surface area is 117 Å². The molecule has 1 rings (SSSR count). The first-order chi connectivity index (χ1) is 9.34. The van der Waals surface area contributed by atoms with E-state index in [4.69, 9.17) is 5.73 Å². The zero-order valence-electron chi connectivity index (χ0n) is 11.0. The van der Waals surface area contributed by atoms with Gasteiger partial charge >= 0.3 is 5.97 Å². The van der Waals surface area contributed by atoms with Crippen molar-refractivity contribution in [3.05, 3.63) is 29.8 Å². The van der Waals surface area contributed by atoms with Crippen LogP contribution in [0.1, 0.15) is 23.2 Å². The van der Waals surface area contributed by atoms with E-state index >= 15 is 0 Å². The number of ether oxygens (including phenoxy) is 1. The zero-order chi connectivity index (χ0) is 15.2. The van der Waals surface area contributed by atoms with Crippen molar-refractivity contribution in [1.82, 2.24) is 0 Å². The van der Waals surface area contributed by atoms with E-state index in [2.05, 4.69) is 9.46 Å². The molecule has 0 radical (unpaired) electrons. The molecule has 3 N–H and O–H groups in total. The van der Waals surface area contributed by atoms with E-state index in [0.717, 1.165) is 0 Å². The van der Waals surface area contributed by atoms with Crippen LogP contribution in [0.2, 0.25) is 0 Å². The third-order valence-corrected chi connectivity index (χ3v) is 3.81. The van der Waals surface area contributed by atoms with Crippen LogP contribution >= 0.6 is 0 Å². The Hall–Kier alpha value is -2.09. The van der Waals surface area contributed by atoms with Crippen molar-refractivity contribution in [1.29, 1.82) is 0 Å². The summed E-state index contributed by atoms with van der Waals surface area (Å²) in [7, 11) is -2.35. The number of esters is 1. The minimum Gasteiger partial charge on any atom is -0.469 e. The summed E-state index contributed by atoms with van der Waals surface area (Å²) in [6.45, 7) is 0. The second-order valence-electron chi connectivity index (χ2n) is 4.05. The van der Waals surface area contributed by atoms with Gasteiger partial charge in [-0.2, -0.15) is 0 Å². The molecule has 110 valence electrons. The molecule has 1 aromatic rings. The lowest BCUT2D eigenvalue weighted by Gasteiger charge is -2.08. The van der Waals surface area contributed by atoms with Crippen LogP contribution in [-0.4, -0.2) is 33.2 Å². The summed E-state index contributed by atoms with van der Waals surface area (Å²) in [6.07, 6.45) is 0.177.